The minimum Gasteiger partial charge on any atom is -0.322 e. The lowest BCUT2D eigenvalue weighted by atomic mass is 10.1. The third-order valence-corrected chi connectivity index (χ3v) is 4.48. The smallest absolute Gasteiger partial charge is 0.256 e. The number of aryl methyl sites for hydroxylation is 2. The first-order valence-corrected chi connectivity index (χ1v) is 8.24. The molecule has 0 aromatic heterocycles. The average molecular weight is 397 g/mol. The Hall–Kier alpha value is -1.13. The Kier molecular flexibility index (Phi) is 5.38. The molecular weight excluding hydrogens is 382 g/mol. The summed E-state index contributed by atoms with van der Waals surface area (Å²) in [6.45, 7) is 1.97. The van der Waals surface area contributed by atoms with Gasteiger partial charge >= 0.3 is 0 Å². The molecule has 2 rings (SSSR count). The van der Waals surface area contributed by atoms with Crippen LogP contribution in [0.3, 0.4) is 0 Å². The van der Waals surface area contributed by atoms with Crippen LogP contribution in [-0.4, -0.2) is 11.2 Å². The maximum atomic E-state index is 12.2. The normalized spacial score (nSPS) is 10.3. The summed E-state index contributed by atoms with van der Waals surface area (Å²) >= 11 is 6.88. The standard InChI is InChI=1S/C16H15Br2NO/c1-11-3-2-4-14(15(11)18)16(20)19-13-7-5-12(6-8-13)9-10-17/h2-8H,9-10H2,1H3,(H,19,20). The van der Waals surface area contributed by atoms with E-state index in [9.17, 15) is 4.79 Å². The van der Waals surface area contributed by atoms with Gasteiger partial charge in [0.25, 0.3) is 5.91 Å². The molecule has 0 saturated heterocycles. The van der Waals surface area contributed by atoms with Crippen LogP contribution in [0.15, 0.2) is 46.9 Å². The van der Waals surface area contributed by atoms with Gasteiger partial charge < -0.3 is 5.32 Å². The summed E-state index contributed by atoms with van der Waals surface area (Å²) in [5.74, 6) is -0.103. The molecule has 0 aliphatic heterocycles. The van der Waals surface area contributed by atoms with Crippen LogP contribution in [-0.2, 0) is 6.42 Å². The number of halogens is 2. The van der Waals surface area contributed by atoms with Crippen LogP contribution in [0.25, 0.3) is 0 Å². The average Bonchev–Trinajstić information content (AvgIpc) is 2.44. The highest BCUT2D eigenvalue weighted by atomic mass is 79.9. The molecule has 1 N–H and O–H groups in total. The summed E-state index contributed by atoms with van der Waals surface area (Å²) in [5.41, 5.74) is 3.75. The number of carbonyl (C=O) groups is 1. The molecule has 2 aromatic carbocycles. The van der Waals surface area contributed by atoms with E-state index < -0.39 is 0 Å². The van der Waals surface area contributed by atoms with Crippen LogP contribution in [0.2, 0.25) is 0 Å². The zero-order valence-corrected chi connectivity index (χ0v) is 14.3. The molecule has 0 aliphatic rings. The lowest BCUT2D eigenvalue weighted by molar-refractivity contribution is 0.102. The number of amides is 1. The second-order valence-electron chi connectivity index (χ2n) is 4.53. The largest absolute Gasteiger partial charge is 0.322 e. The van der Waals surface area contributed by atoms with Crippen LogP contribution in [0.1, 0.15) is 21.5 Å². The van der Waals surface area contributed by atoms with Crippen molar-refractivity contribution in [2.45, 2.75) is 13.3 Å². The van der Waals surface area contributed by atoms with E-state index in [1.54, 1.807) is 0 Å². The van der Waals surface area contributed by atoms with Gasteiger partial charge in [-0.15, -0.1) is 0 Å². The van der Waals surface area contributed by atoms with E-state index in [0.29, 0.717) is 5.56 Å². The molecule has 1 amide bonds. The predicted molar refractivity (Wildman–Crippen MR) is 90.8 cm³/mol. The molecule has 0 aliphatic carbocycles. The number of alkyl halides is 1. The van der Waals surface area contributed by atoms with Gasteiger partial charge in [0.2, 0.25) is 0 Å². The first-order chi connectivity index (χ1) is 9.61. The Bertz CT molecular complexity index is 608. The van der Waals surface area contributed by atoms with Gasteiger partial charge in [0.15, 0.2) is 0 Å². The Labute approximate surface area is 135 Å². The van der Waals surface area contributed by atoms with E-state index in [2.05, 4.69) is 37.2 Å². The number of benzene rings is 2. The summed E-state index contributed by atoms with van der Waals surface area (Å²) in [5, 5.41) is 3.85. The van der Waals surface area contributed by atoms with E-state index in [0.717, 1.165) is 27.5 Å². The lowest BCUT2D eigenvalue weighted by Gasteiger charge is -2.09. The fraction of sp³-hybridized carbons (Fsp3) is 0.188. The van der Waals surface area contributed by atoms with Gasteiger partial charge in [-0.1, -0.05) is 40.2 Å². The molecule has 0 spiro atoms. The van der Waals surface area contributed by atoms with E-state index in [1.807, 2.05) is 49.4 Å². The van der Waals surface area contributed by atoms with Crippen molar-refractivity contribution in [3.05, 3.63) is 63.6 Å². The van der Waals surface area contributed by atoms with Crippen molar-refractivity contribution in [2.75, 3.05) is 10.6 Å². The zero-order chi connectivity index (χ0) is 14.5. The van der Waals surface area contributed by atoms with Gasteiger partial charge in [0.1, 0.15) is 0 Å². The molecule has 0 atom stereocenters. The van der Waals surface area contributed by atoms with E-state index in [1.165, 1.54) is 5.56 Å². The molecule has 0 fully saturated rings. The van der Waals surface area contributed by atoms with Gasteiger partial charge in [0.05, 0.1) is 5.56 Å². The third-order valence-electron chi connectivity index (χ3n) is 3.03. The first kappa shape index (κ1) is 15.3. The van der Waals surface area contributed by atoms with Crippen molar-refractivity contribution in [3.63, 3.8) is 0 Å². The van der Waals surface area contributed by atoms with E-state index in [4.69, 9.17) is 0 Å². The summed E-state index contributed by atoms with van der Waals surface area (Å²) in [6, 6.07) is 13.6. The van der Waals surface area contributed by atoms with Crippen LogP contribution in [0.5, 0.6) is 0 Å². The maximum Gasteiger partial charge on any atom is 0.256 e. The van der Waals surface area contributed by atoms with Gasteiger partial charge in [-0.05, 0) is 58.6 Å². The monoisotopic (exact) mass is 395 g/mol. The molecule has 20 heavy (non-hydrogen) atoms. The fourth-order valence-electron chi connectivity index (χ4n) is 1.89. The highest BCUT2D eigenvalue weighted by molar-refractivity contribution is 9.10. The number of rotatable bonds is 4. The van der Waals surface area contributed by atoms with Gasteiger partial charge in [-0.2, -0.15) is 0 Å². The van der Waals surface area contributed by atoms with Crippen molar-refractivity contribution in [3.8, 4) is 0 Å². The van der Waals surface area contributed by atoms with E-state index >= 15 is 0 Å². The summed E-state index contributed by atoms with van der Waals surface area (Å²) in [4.78, 5) is 12.2. The second kappa shape index (κ2) is 7.04. The van der Waals surface area contributed by atoms with Crippen molar-refractivity contribution >= 4 is 43.5 Å². The summed E-state index contributed by atoms with van der Waals surface area (Å²) < 4.78 is 0.841. The highest BCUT2D eigenvalue weighted by Gasteiger charge is 2.11. The lowest BCUT2D eigenvalue weighted by Crippen LogP contribution is -2.12. The van der Waals surface area contributed by atoms with Crippen LogP contribution >= 0.6 is 31.9 Å². The predicted octanol–water partition coefficient (Wildman–Crippen LogP) is 4.95. The van der Waals surface area contributed by atoms with Crippen LogP contribution in [0.4, 0.5) is 5.69 Å². The topological polar surface area (TPSA) is 29.1 Å². The third kappa shape index (κ3) is 3.70. The fourth-order valence-corrected chi connectivity index (χ4v) is 2.79. The molecule has 0 bridgehead atoms. The van der Waals surface area contributed by atoms with Crippen molar-refractivity contribution < 1.29 is 4.79 Å². The SMILES string of the molecule is Cc1cccc(C(=O)Nc2ccc(CCBr)cc2)c1Br. The molecule has 2 nitrogen and oxygen atoms in total. The molecule has 4 heteroatoms. The Morgan fingerprint density at radius 1 is 1.15 bits per heavy atom. The first-order valence-electron chi connectivity index (χ1n) is 6.33. The molecule has 104 valence electrons. The Morgan fingerprint density at radius 2 is 1.85 bits per heavy atom. The van der Waals surface area contributed by atoms with Gasteiger partial charge in [0, 0.05) is 15.5 Å². The molecule has 0 unspecified atom stereocenters. The molecule has 0 heterocycles. The molecule has 2 aromatic rings. The second-order valence-corrected chi connectivity index (χ2v) is 6.11. The van der Waals surface area contributed by atoms with Crippen molar-refractivity contribution in [2.24, 2.45) is 0 Å². The minimum absolute atomic E-state index is 0.103. The molecular formula is C16H15Br2NO. The van der Waals surface area contributed by atoms with Gasteiger partial charge in [-0.25, -0.2) is 0 Å². The number of carbonyl (C=O) groups excluding carboxylic acids is 1. The number of hydrogen-bond donors (Lipinski definition) is 1. The maximum absolute atomic E-state index is 12.2. The minimum atomic E-state index is -0.103. The molecule has 0 radical (unpaired) electrons. The van der Waals surface area contributed by atoms with Crippen molar-refractivity contribution in [1.29, 1.82) is 0 Å². The van der Waals surface area contributed by atoms with E-state index in [-0.39, 0.29) is 5.91 Å². The number of anilines is 1. The Balaban J connectivity index is 2.13. The number of hydrogen-bond acceptors (Lipinski definition) is 1. The summed E-state index contributed by atoms with van der Waals surface area (Å²) in [7, 11) is 0. The van der Waals surface area contributed by atoms with Crippen LogP contribution in [0, 0.1) is 6.92 Å². The quantitative estimate of drug-likeness (QED) is 0.728. The van der Waals surface area contributed by atoms with Crippen LogP contribution < -0.4 is 5.32 Å². The molecule has 0 saturated carbocycles. The number of nitrogens with one attached hydrogen (secondary N) is 1. The zero-order valence-electron chi connectivity index (χ0n) is 11.1. The Morgan fingerprint density at radius 3 is 2.50 bits per heavy atom. The van der Waals surface area contributed by atoms with Crippen molar-refractivity contribution in [1.82, 2.24) is 0 Å². The van der Waals surface area contributed by atoms with Gasteiger partial charge in [-0.3, -0.25) is 4.79 Å². The summed E-state index contributed by atoms with van der Waals surface area (Å²) in [6.07, 6.45) is 0.984. The highest BCUT2D eigenvalue weighted by Crippen LogP contribution is 2.22.